The van der Waals surface area contributed by atoms with Crippen LogP contribution in [0.4, 0.5) is 20.2 Å². The molecule has 158 valence electrons. The number of benzene rings is 2. The number of methoxy groups -OCH3 is 1. The smallest absolute Gasteiger partial charge is 0.312 e. The van der Waals surface area contributed by atoms with Crippen LogP contribution in [0.5, 0.6) is 5.75 Å². The van der Waals surface area contributed by atoms with Crippen LogP contribution < -0.4 is 15.0 Å². The zero-order chi connectivity index (χ0) is 21.8. The van der Waals surface area contributed by atoms with Gasteiger partial charge in [0.05, 0.1) is 24.4 Å². The summed E-state index contributed by atoms with van der Waals surface area (Å²) in [5.41, 5.74) is 0.175. The third kappa shape index (κ3) is 4.56. The molecule has 1 N–H and O–H groups in total. The van der Waals surface area contributed by atoms with Gasteiger partial charge >= 0.3 is 5.97 Å². The summed E-state index contributed by atoms with van der Waals surface area (Å²) in [6.45, 7) is 1.38. The number of carbonyl (C=O) groups is 3. The largest absolute Gasteiger partial charge is 0.495 e. The maximum absolute atomic E-state index is 13.7. The number of esters is 1. The first-order chi connectivity index (χ1) is 14.3. The molecule has 7 nitrogen and oxygen atoms in total. The Balaban J connectivity index is 1.62. The van der Waals surface area contributed by atoms with Gasteiger partial charge < -0.3 is 19.7 Å². The van der Waals surface area contributed by atoms with Gasteiger partial charge in [-0.15, -0.1) is 0 Å². The van der Waals surface area contributed by atoms with E-state index in [4.69, 9.17) is 9.47 Å². The van der Waals surface area contributed by atoms with Crippen molar-refractivity contribution in [3.05, 3.63) is 54.1 Å². The summed E-state index contributed by atoms with van der Waals surface area (Å²) in [5.74, 6) is -3.66. The van der Waals surface area contributed by atoms with Crippen LogP contribution in [0, 0.1) is 17.6 Å². The highest BCUT2D eigenvalue weighted by Crippen LogP contribution is 2.33. The van der Waals surface area contributed by atoms with Crippen LogP contribution in [0.25, 0.3) is 0 Å². The first kappa shape index (κ1) is 21.2. The van der Waals surface area contributed by atoms with Crippen LogP contribution in [0.15, 0.2) is 42.5 Å². The molecule has 30 heavy (non-hydrogen) atoms. The number of amides is 2. The zero-order valence-electron chi connectivity index (χ0n) is 16.4. The minimum atomic E-state index is -1.27. The van der Waals surface area contributed by atoms with E-state index in [0.29, 0.717) is 11.4 Å². The number of halogens is 2. The van der Waals surface area contributed by atoms with E-state index in [2.05, 4.69) is 5.32 Å². The molecule has 0 spiro atoms. The molecule has 1 saturated heterocycles. The second kappa shape index (κ2) is 8.89. The number of nitrogens with one attached hydrogen (secondary N) is 1. The fourth-order valence-electron chi connectivity index (χ4n) is 3.10. The monoisotopic (exact) mass is 418 g/mol. The highest BCUT2D eigenvalue weighted by atomic mass is 19.1. The summed E-state index contributed by atoms with van der Waals surface area (Å²) >= 11 is 0. The topological polar surface area (TPSA) is 84.9 Å². The van der Waals surface area contributed by atoms with Gasteiger partial charge in [-0.2, -0.15) is 0 Å². The van der Waals surface area contributed by atoms with E-state index in [-0.39, 0.29) is 24.6 Å². The Kier molecular flexibility index (Phi) is 6.29. The Bertz CT molecular complexity index is 982. The first-order valence-corrected chi connectivity index (χ1v) is 9.20. The molecule has 2 aromatic carbocycles. The van der Waals surface area contributed by atoms with E-state index in [0.717, 1.165) is 18.2 Å². The van der Waals surface area contributed by atoms with Crippen molar-refractivity contribution < 1.29 is 32.6 Å². The van der Waals surface area contributed by atoms with E-state index in [9.17, 15) is 23.2 Å². The van der Waals surface area contributed by atoms with Crippen LogP contribution in [-0.2, 0) is 19.1 Å². The molecule has 0 unspecified atom stereocenters. The van der Waals surface area contributed by atoms with Crippen molar-refractivity contribution in [1.29, 1.82) is 0 Å². The molecule has 1 heterocycles. The minimum Gasteiger partial charge on any atom is -0.495 e. The number of carbonyl (C=O) groups excluding carboxylic acids is 3. The molecule has 0 radical (unpaired) electrons. The fourth-order valence-corrected chi connectivity index (χ4v) is 3.10. The quantitative estimate of drug-likeness (QED) is 0.730. The molecular formula is C21H20F2N2O5. The van der Waals surface area contributed by atoms with Crippen LogP contribution in [0.1, 0.15) is 13.3 Å². The molecule has 0 bridgehead atoms. The van der Waals surface area contributed by atoms with Crippen molar-refractivity contribution in [2.24, 2.45) is 5.92 Å². The lowest BCUT2D eigenvalue weighted by molar-refractivity contribution is -0.157. The number of hydrogen-bond acceptors (Lipinski definition) is 5. The lowest BCUT2D eigenvalue weighted by Crippen LogP contribution is -2.33. The van der Waals surface area contributed by atoms with Crippen molar-refractivity contribution in [2.45, 2.75) is 19.4 Å². The van der Waals surface area contributed by atoms with Crippen LogP contribution in [-0.4, -0.2) is 37.5 Å². The Morgan fingerprint density at radius 2 is 1.93 bits per heavy atom. The molecule has 9 heteroatoms. The van der Waals surface area contributed by atoms with Gasteiger partial charge in [0.2, 0.25) is 5.91 Å². The molecule has 0 aromatic heterocycles. The number of ether oxygens (including phenoxy) is 2. The molecule has 1 aliphatic heterocycles. The number of anilines is 2. The Morgan fingerprint density at radius 3 is 2.67 bits per heavy atom. The Hall–Kier alpha value is -3.49. The number of nitrogens with zero attached hydrogens (tertiary/aromatic N) is 1. The van der Waals surface area contributed by atoms with Crippen molar-refractivity contribution in [2.75, 3.05) is 23.9 Å². The van der Waals surface area contributed by atoms with Crippen LogP contribution >= 0.6 is 0 Å². The van der Waals surface area contributed by atoms with Gasteiger partial charge in [-0.25, -0.2) is 8.78 Å². The average Bonchev–Trinajstić information content (AvgIpc) is 3.12. The van der Waals surface area contributed by atoms with E-state index < -0.39 is 35.5 Å². The van der Waals surface area contributed by atoms with E-state index in [1.165, 1.54) is 18.9 Å². The molecular weight excluding hydrogens is 398 g/mol. The summed E-state index contributed by atoms with van der Waals surface area (Å²) in [7, 11) is 1.48. The van der Waals surface area contributed by atoms with Crippen molar-refractivity contribution >= 4 is 29.2 Å². The van der Waals surface area contributed by atoms with Gasteiger partial charge in [-0.3, -0.25) is 14.4 Å². The van der Waals surface area contributed by atoms with Gasteiger partial charge in [-0.1, -0.05) is 12.1 Å². The van der Waals surface area contributed by atoms with Crippen molar-refractivity contribution in [3.63, 3.8) is 0 Å². The fraction of sp³-hybridized carbons (Fsp3) is 0.286. The van der Waals surface area contributed by atoms with Gasteiger partial charge in [0.15, 0.2) is 6.10 Å². The Morgan fingerprint density at radius 1 is 1.20 bits per heavy atom. The van der Waals surface area contributed by atoms with Crippen LogP contribution in [0.3, 0.4) is 0 Å². The maximum atomic E-state index is 13.7. The molecule has 2 aromatic rings. The second-order valence-electron chi connectivity index (χ2n) is 6.77. The predicted molar refractivity (Wildman–Crippen MR) is 104 cm³/mol. The van der Waals surface area contributed by atoms with Crippen molar-refractivity contribution in [3.8, 4) is 5.75 Å². The van der Waals surface area contributed by atoms with E-state index in [1.54, 1.807) is 24.3 Å². The third-order valence-corrected chi connectivity index (χ3v) is 4.68. The number of hydrogen-bond donors (Lipinski definition) is 1. The lowest BCUT2D eigenvalue weighted by Gasteiger charge is -2.20. The highest BCUT2D eigenvalue weighted by Gasteiger charge is 2.38. The molecule has 1 aliphatic rings. The van der Waals surface area contributed by atoms with Crippen molar-refractivity contribution in [1.82, 2.24) is 0 Å². The van der Waals surface area contributed by atoms with E-state index >= 15 is 0 Å². The molecule has 0 aliphatic carbocycles. The number of rotatable bonds is 6. The molecule has 2 amide bonds. The standard InChI is InChI=1S/C21H20F2N2O5/c1-12(20(27)24-16-10-14(22)7-8-15(16)23)30-21(28)13-9-19(26)25(11-13)17-5-3-4-6-18(17)29-2/h3-8,10,12-13H,9,11H2,1-2H3,(H,24,27)/t12-,13-/m1/s1. The average molecular weight is 418 g/mol. The predicted octanol–water partition coefficient (Wildman–Crippen LogP) is 2.90. The lowest BCUT2D eigenvalue weighted by atomic mass is 10.1. The zero-order valence-corrected chi connectivity index (χ0v) is 16.4. The summed E-state index contributed by atoms with van der Waals surface area (Å²) in [5, 5.41) is 2.18. The molecule has 1 fully saturated rings. The minimum absolute atomic E-state index is 0.0743. The summed E-state index contributed by atoms with van der Waals surface area (Å²) in [6, 6.07) is 9.52. The molecule has 3 rings (SSSR count). The SMILES string of the molecule is COc1ccccc1N1C[C@H](C(=O)O[C@H](C)C(=O)Nc2cc(F)ccc2F)CC1=O. The highest BCUT2D eigenvalue weighted by molar-refractivity contribution is 6.01. The normalized spacial score (nSPS) is 16.9. The molecule has 2 atom stereocenters. The number of para-hydroxylation sites is 2. The Labute approximate surface area is 171 Å². The van der Waals surface area contributed by atoms with Crippen LogP contribution in [0.2, 0.25) is 0 Å². The maximum Gasteiger partial charge on any atom is 0.312 e. The summed E-state index contributed by atoms with van der Waals surface area (Å²) < 4.78 is 37.3. The van der Waals surface area contributed by atoms with Gasteiger partial charge in [0.1, 0.15) is 17.4 Å². The third-order valence-electron chi connectivity index (χ3n) is 4.68. The van der Waals surface area contributed by atoms with Gasteiger partial charge in [0.25, 0.3) is 5.91 Å². The summed E-state index contributed by atoms with van der Waals surface area (Å²) in [4.78, 5) is 38.5. The van der Waals surface area contributed by atoms with E-state index in [1.807, 2.05) is 0 Å². The first-order valence-electron chi connectivity index (χ1n) is 9.20. The summed E-state index contributed by atoms with van der Waals surface area (Å²) in [6.07, 6.45) is -1.35. The van der Waals surface area contributed by atoms with Gasteiger partial charge in [-0.05, 0) is 31.2 Å². The second-order valence-corrected chi connectivity index (χ2v) is 6.77. The van der Waals surface area contributed by atoms with Gasteiger partial charge in [0, 0.05) is 19.0 Å². The molecule has 0 saturated carbocycles.